The molecule has 0 amide bonds. The van der Waals surface area contributed by atoms with E-state index in [9.17, 15) is 8.78 Å². The lowest BCUT2D eigenvalue weighted by molar-refractivity contribution is -0.0271. The number of methoxy groups -OCH3 is 1. The first-order chi connectivity index (χ1) is 7.01. The number of nitrogens with zero attached hydrogens (tertiary/aromatic N) is 1. The summed E-state index contributed by atoms with van der Waals surface area (Å²) in [4.78, 5) is 3.68. The van der Waals surface area contributed by atoms with Gasteiger partial charge in [-0.15, -0.1) is 0 Å². The highest BCUT2D eigenvalue weighted by atomic mass is 35.5. The van der Waals surface area contributed by atoms with Crippen molar-refractivity contribution in [2.75, 3.05) is 13.7 Å². The van der Waals surface area contributed by atoms with Crippen LogP contribution < -0.4 is 4.74 Å². The first-order valence-electron chi connectivity index (χ1n) is 4.20. The van der Waals surface area contributed by atoms with Crippen molar-refractivity contribution in [3.05, 3.63) is 22.8 Å². The summed E-state index contributed by atoms with van der Waals surface area (Å²) in [6, 6.07) is 1.07. The van der Waals surface area contributed by atoms with Crippen LogP contribution in [0.3, 0.4) is 0 Å². The van der Waals surface area contributed by atoms with E-state index in [0.717, 1.165) is 12.3 Å². The third-order valence-electron chi connectivity index (χ3n) is 1.86. The van der Waals surface area contributed by atoms with E-state index in [1.807, 2.05) is 0 Å². The second-order valence-corrected chi connectivity index (χ2v) is 3.29. The Morgan fingerprint density at radius 2 is 2.27 bits per heavy atom. The van der Waals surface area contributed by atoms with Crippen LogP contribution in [0.2, 0.25) is 5.02 Å². The number of hydrogen-bond acceptors (Lipinski definition) is 3. The lowest BCUT2D eigenvalue weighted by Gasteiger charge is -2.17. The van der Waals surface area contributed by atoms with Gasteiger partial charge < -0.3 is 9.84 Å². The van der Waals surface area contributed by atoms with E-state index in [2.05, 4.69) is 4.98 Å². The van der Waals surface area contributed by atoms with E-state index in [1.165, 1.54) is 7.11 Å². The van der Waals surface area contributed by atoms with Gasteiger partial charge >= 0.3 is 0 Å². The number of alkyl halides is 2. The van der Waals surface area contributed by atoms with Gasteiger partial charge in [0.1, 0.15) is 0 Å². The van der Waals surface area contributed by atoms with Crippen LogP contribution >= 0.6 is 11.6 Å². The molecule has 84 valence electrons. The molecule has 0 bridgehead atoms. The van der Waals surface area contributed by atoms with E-state index in [1.54, 1.807) is 0 Å². The Kier molecular flexibility index (Phi) is 3.82. The second-order valence-electron chi connectivity index (χ2n) is 2.88. The van der Waals surface area contributed by atoms with Crippen molar-refractivity contribution in [1.29, 1.82) is 0 Å². The minimum atomic E-state index is -3.18. The fourth-order valence-electron chi connectivity index (χ4n) is 1.09. The maximum atomic E-state index is 13.4. The number of aliphatic hydroxyl groups is 1. The summed E-state index contributed by atoms with van der Waals surface area (Å²) in [5.74, 6) is -3.12. The summed E-state index contributed by atoms with van der Waals surface area (Å²) in [6.07, 6.45) is 0.418. The Balaban J connectivity index is 3.11. The highest BCUT2D eigenvalue weighted by Gasteiger charge is 2.33. The number of halogens is 3. The third-order valence-corrected chi connectivity index (χ3v) is 2.16. The molecule has 0 aromatic carbocycles. The van der Waals surface area contributed by atoms with Gasteiger partial charge in [-0.3, -0.25) is 0 Å². The molecule has 1 heterocycles. The van der Waals surface area contributed by atoms with Crippen molar-refractivity contribution >= 4 is 11.6 Å². The lowest BCUT2D eigenvalue weighted by atomic mass is 10.1. The first kappa shape index (κ1) is 12.1. The van der Waals surface area contributed by atoms with Crippen molar-refractivity contribution in [3.63, 3.8) is 0 Å². The molecule has 0 spiro atoms. The van der Waals surface area contributed by atoms with Crippen molar-refractivity contribution < 1.29 is 18.6 Å². The van der Waals surface area contributed by atoms with Gasteiger partial charge in [-0.2, -0.15) is 0 Å². The van der Waals surface area contributed by atoms with Crippen LogP contribution in [0.1, 0.15) is 12.0 Å². The topological polar surface area (TPSA) is 42.4 Å². The smallest absolute Gasteiger partial charge is 0.277 e. The van der Waals surface area contributed by atoms with Gasteiger partial charge in [0.25, 0.3) is 5.92 Å². The fraction of sp³-hybridized carbons (Fsp3) is 0.444. The third kappa shape index (κ3) is 2.76. The molecular formula is C9H10ClF2NO2. The van der Waals surface area contributed by atoms with Gasteiger partial charge in [-0.1, -0.05) is 11.6 Å². The number of pyridine rings is 1. The van der Waals surface area contributed by atoms with Gasteiger partial charge in [0.05, 0.1) is 18.3 Å². The van der Waals surface area contributed by atoms with Crippen molar-refractivity contribution in [2.45, 2.75) is 12.3 Å². The predicted octanol–water partition coefficient (Wildman–Crippen LogP) is 2.22. The average molecular weight is 238 g/mol. The van der Waals surface area contributed by atoms with Crippen LogP contribution in [-0.2, 0) is 5.92 Å². The minimum absolute atomic E-state index is 0.0621. The Bertz CT molecular complexity index is 347. The van der Waals surface area contributed by atoms with Gasteiger partial charge in [-0.25, -0.2) is 13.8 Å². The normalized spacial score (nSPS) is 11.5. The molecule has 1 aromatic heterocycles. The molecule has 0 aliphatic heterocycles. The van der Waals surface area contributed by atoms with E-state index < -0.39 is 19.0 Å². The van der Waals surface area contributed by atoms with Crippen LogP contribution in [0.25, 0.3) is 0 Å². The molecule has 6 heteroatoms. The molecule has 0 radical (unpaired) electrons. The summed E-state index contributed by atoms with van der Waals surface area (Å²) < 4.78 is 31.5. The number of rotatable bonds is 4. The SMILES string of the molecule is COc1cc(C(F)(F)CCO)c(Cl)cn1. The zero-order valence-corrected chi connectivity index (χ0v) is 8.76. The minimum Gasteiger partial charge on any atom is -0.481 e. The average Bonchev–Trinajstić information content (AvgIpc) is 2.18. The maximum absolute atomic E-state index is 13.4. The standard InChI is InChI=1S/C9H10ClF2NO2/c1-15-8-4-6(7(10)5-13-8)9(11,12)2-3-14/h4-5,14H,2-3H2,1H3. The Hall–Kier alpha value is -0.940. The van der Waals surface area contributed by atoms with E-state index in [0.29, 0.717) is 0 Å². The molecule has 0 aliphatic rings. The van der Waals surface area contributed by atoms with Gasteiger partial charge in [0.15, 0.2) is 0 Å². The summed E-state index contributed by atoms with van der Waals surface area (Å²) in [5.41, 5.74) is -0.384. The molecule has 0 fully saturated rings. The van der Waals surface area contributed by atoms with Crippen molar-refractivity contribution in [2.24, 2.45) is 0 Å². The number of hydrogen-bond donors (Lipinski definition) is 1. The van der Waals surface area contributed by atoms with Gasteiger partial charge in [-0.05, 0) is 0 Å². The summed E-state index contributed by atoms with van der Waals surface area (Å²) in [6.45, 7) is -0.617. The highest BCUT2D eigenvalue weighted by molar-refractivity contribution is 6.31. The van der Waals surface area contributed by atoms with Gasteiger partial charge in [0.2, 0.25) is 5.88 Å². The number of ether oxygens (including phenoxy) is 1. The van der Waals surface area contributed by atoms with E-state index >= 15 is 0 Å². The molecule has 1 rings (SSSR count). The van der Waals surface area contributed by atoms with E-state index in [-0.39, 0.29) is 16.5 Å². The fourth-order valence-corrected chi connectivity index (χ4v) is 1.33. The van der Waals surface area contributed by atoms with Crippen LogP contribution in [-0.4, -0.2) is 23.8 Å². The Labute approximate surface area is 90.7 Å². The zero-order valence-electron chi connectivity index (χ0n) is 8.01. The Morgan fingerprint density at radius 1 is 1.60 bits per heavy atom. The molecule has 15 heavy (non-hydrogen) atoms. The number of aliphatic hydroxyl groups excluding tert-OH is 1. The summed E-state index contributed by atoms with van der Waals surface area (Å²) >= 11 is 5.59. The zero-order chi connectivity index (χ0) is 11.5. The summed E-state index contributed by atoms with van der Waals surface area (Å²) in [5, 5.41) is 8.37. The predicted molar refractivity (Wildman–Crippen MR) is 51.4 cm³/mol. The van der Waals surface area contributed by atoms with Crippen LogP contribution in [0.15, 0.2) is 12.3 Å². The first-order valence-corrected chi connectivity index (χ1v) is 4.57. The molecular weight excluding hydrogens is 228 g/mol. The molecule has 0 saturated carbocycles. The molecule has 0 atom stereocenters. The van der Waals surface area contributed by atoms with Crippen molar-refractivity contribution in [3.8, 4) is 5.88 Å². The van der Waals surface area contributed by atoms with Crippen molar-refractivity contribution in [1.82, 2.24) is 4.98 Å². The highest BCUT2D eigenvalue weighted by Crippen LogP contribution is 2.37. The molecule has 0 aliphatic carbocycles. The van der Waals surface area contributed by atoms with Gasteiger partial charge in [0, 0.05) is 24.7 Å². The molecule has 3 nitrogen and oxygen atoms in total. The maximum Gasteiger partial charge on any atom is 0.277 e. The summed E-state index contributed by atoms with van der Waals surface area (Å²) in [7, 11) is 1.32. The molecule has 0 saturated heterocycles. The molecule has 1 aromatic rings. The monoisotopic (exact) mass is 237 g/mol. The second kappa shape index (κ2) is 4.72. The lowest BCUT2D eigenvalue weighted by Crippen LogP contribution is -2.16. The van der Waals surface area contributed by atoms with E-state index in [4.69, 9.17) is 21.4 Å². The Morgan fingerprint density at radius 3 is 2.80 bits per heavy atom. The van der Waals surface area contributed by atoms with Crippen LogP contribution in [0, 0.1) is 0 Å². The quantitative estimate of drug-likeness (QED) is 0.873. The largest absolute Gasteiger partial charge is 0.481 e. The van der Waals surface area contributed by atoms with Crippen LogP contribution in [0.4, 0.5) is 8.78 Å². The van der Waals surface area contributed by atoms with Crippen LogP contribution in [0.5, 0.6) is 5.88 Å². The molecule has 1 N–H and O–H groups in total. The molecule has 0 unspecified atom stereocenters. The number of aromatic nitrogens is 1.